The van der Waals surface area contributed by atoms with E-state index in [1.54, 1.807) is 0 Å². The van der Waals surface area contributed by atoms with Gasteiger partial charge in [-0.1, -0.05) is 37.3 Å². The van der Waals surface area contributed by atoms with Crippen molar-refractivity contribution in [3.63, 3.8) is 0 Å². The van der Waals surface area contributed by atoms with E-state index in [0.29, 0.717) is 5.92 Å². The highest BCUT2D eigenvalue weighted by atomic mass is 16.6. The Morgan fingerprint density at radius 3 is 2.52 bits per heavy atom. The minimum atomic E-state index is -0.391. The fraction of sp³-hybridized carbons (Fsp3) is 0.611. The molecule has 2 atom stereocenters. The molecule has 1 aliphatic rings. The number of rotatable bonds is 3. The molecule has 0 aliphatic carbocycles. The number of hydrogen-bond donors (Lipinski definition) is 0. The van der Waals surface area contributed by atoms with Gasteiger partial charge in [0.1, 0.15) is 5.60 Å². The van der Waals surface area contributed by atoms with Gasteiger partial charge in [-0.25, -0.2) is 0 Å². The normalized spacial score (nSPS) is 23.8. The molecular weight excluding hydrogens is 262 g/mol. The molecule has 1 fully saturated rings. The van der Waals surface area contributed by atoms with E-state index in [2.05, 4.69) is 36.1 Å². The van der Waals surface area contributed by atoms with Gasteiger partial charge in [-0.2, -0.15) is 0 Å². The maximum atomic E-state index is 12.2. The van der Waals surface area contributed by atoms with Crippen molar-refractivity contribution < 1.29 is 9.53 Å². The molecule has 1 heterocycles. The van der Waals surface area contributed by atoms with E-state index >= 15 is 0 Å². The molecular formula is C18H27NO2. The molecule has 3 nitrogen and oxygen atoms in total. The van der Waals surface area contributed by atoms with Gasteiger partial charge in [-0.15, -0.1) is 0 Å². The van der Waals surface area contributed by atoms with E-state index in [9.17, 15) is 4.79 Å². The minimum Gasteiger partial charge on any atom is -0.460 e. The zero-order valence-corrected chi connectivity index (χ0v) is 13.6. The zero-order chi connectivity index (χ0) is 15.5. The standard InChI is InChI=1S/C18H27NO2/c1-14-12-19(13-15-8-6-5-7-9-15)11-10-16(14)17(20)21-18(2,3)4/h5-9,14,16H,10-13H2,1-4H3/t14-,16-/m0/s1. The second-order valence-corrected chi connectivity index (χ2v) is 7.13. The summed E-state index contributed by atoms with van der Waals surface area (Å²) in [5.41, 5.74) is 0.943. The summed E-state index contributed by atoms with van der Waals surface area (Å²) in [5.74, 6) is 0.350. The third-order valence-electron chi connectivity index (χ3n) is 3.95. The van der Waals surface area contributed by atoms with Gasteiger partial charge in [-0.05, 0) is 45.2 Å². The molecule has 2 rings (SSSR count). The molecule has 0 unspecified atom stereocenters. The van der Waals surface area contributed by atoms with Gasteiger partial charge in [0.05, 0.1) is 5.92 Å². The van der Waals surface area contributed by atoms with Crippen LogP contribution in [0.2, 0.25) is 0 Å². The van der Waals surface area contributed by atoms with Crippen LogP contribution in [0.15, 0.2) is 30.3 Å². The van der Waals surface area contributed by atoms with Crippen LogP contribution in [0.25, 0.3) is 0 Å². The van der Waals surface area contributed by atoms with Crippen molar-refractivity contribution in [1.82, 2.24) is 4.90 Å². The molecule has 1 saturated heterocycles. The fourth-order valence-corrected chi connectivity index (χ4v) is 2.94. The lowest BCUT2D eigenvalue weighted by Crippen LogP contribution is -2.43. The zero-order valence-electron chi connectivity index (χ0n) is 13.6. The summed E-state index contributed by atoms with van der Waals surface area (Å²) in [4.78, 5) is 14.7. The van der Waals surface area contributed by atoms with Gasteiger partial charge in [0.2, 0.25) is 0 Å². The lowest BCUT2D eigenvalue weighted by atomic mass is 9.86. The molecule has 0 saturated carbocycles. The molecule has 0 radical (unpaired) electrons. The number of likely N-dealkylation sites (tertiary alicyclic amines) is 1. The summed E-state index contributed by atoms with van der Waals surface area (Å²) in [6.45, 7) is 10.8. The Kier molecular flexibility index (Phi) is 5.04. The van der Waals surface area contributed by atoms with Crippen LogP contribution in [0.4, 0.5) is 0 Å². The highest BCUT2D eigenvalue weighted by molar-refractivity contribution is 5.73. The number of benzene rings is 1. The summed E-state index contributed by atoms with van der Waals surface area (Å²) in [6, 6.07) is 10.5. The molecule has 0 N–H and O–H groups in total. The Balaban J connectivity index is 1.89. The highest BCUT2D eigenvalue weighted by Gasteiger charge is 2.34. The van der Waals surface area contributed by atoms with E-state index in [1.165, 1.54) is 5.56 Å². The fourth-order valence-electron chi connectivity index (χ4n) is 2.94. The molecule has 1 aliphatic heterocycles. The Bertz CT molecular complexity index is 464. The molecule has 116 valence electrons. The second-order valence-electron chi connectivity index (χ2n) is 7.13. The third-order valence-corrected chi connectivity index (χ3v) is 3.95. The molecule has 0 bridgehead atoms. The van der Waals surface area contributed by atoms with E-state index in [0.717, 1.165) is 26.1 Å². The summed E-state index contributed by atoms with van der Waals surface area (Å²) in [7, 11) is 0. The highest BCUT2D eigenvalue weighted by Crippen LogP contribution is 2.27. The SMILES string of the molecule is C[C@H]1CN(Cc2ccccc2)CC[C@@H]1C(=O)OC(C)(C)C. The lowest BCUT2D eigenvalue weighted by molar-refractivity contribution is -0.163. The molecule has 1 aromatic rings. The summed E-state index contributed by atoms with van der Waals surface area (Å²) >= 11 is 0. The number of carbonyl (C=O) groups is 1. The van der Waals surface area contributed by atoms with Crippen LogP contribution in [0.3, 0.4) is 0 Å². The van der Waals surface area contributed by atoms with Crippen molar-refractivity contribution in [2.24, 2.45) is 11.8 Å². The van der Waals surface area contributed by atoms with Gasteiger partial charge in [0.25, 0.3) is 0 Å². The largest absolute Gasteiger partial charge is 0.460 e. The van der Waals surface area contributed by atoms with Crippen molar-refractivity contribution in [2.45, 2.75) is 46.3 Å². The number of carbonyl (C=O) groups excluding carboxylic acids is 1. The number of nitrogens with zero attached hydrogens (tertiary/aromatic N) is 1. The van der Waals surface area contributed by atoms with Crippen LogP contribution in [0.1, 0.15) is 39.7 Å². The van der Waals surface area contributed by atoms with Crippen LogP contribution >= 0.6 is 0 Å². The molecule has 0 aromatic heterocycles. The van der Waals surface area contributed by atoms with Crippen LogP contribution in [-0.4, -0.2) is 29.6 Å². The molecule has 21 heavy (non-hydrogen) atoms. The third kappa shape index (κ3) is 4.85. The summed E-state index contributed by atoms with van der Waals surface area (Å²) in [5, 5.41) is 0. The van der Waals surface area contributed by atoms with E-state index < -0.39 is 5.60 Å². The Labute approximate surface area is 128 Å². The van der Waals surface area contributed by atoms with Gasteiger partial charge in [-0.3, -0.25) is 9.69 Å². The van der Waals surface area contributed by atoms with E-state index in [4.69, 9.17) is 4.74 Å². The maximum Gasteiger partial charge on any atom is 0.309 e. The first kappa shape index (κ1) is 16.0. The van der Waals surface area contributed by atoms with Crippen molar-refractivity contribution in [2.75, 3.05) is 13.1 Å². The average molecular weight is 289 g/mol. The average Bonchev–Trinajstić information content (AvgIpc) is 2.37. The minimum absolute atomic E-state index is 0.0330. The Hall–Kier alpha value is -1.35. The number of esters is 1. The van der Waals surface area contributed by atoms with Crippen molar-refractivity contribution in [3.05, 3.63) is 35.9 Å². The van der Waals surface area contributed by atoms with E-state index in [1.807, 2.05) is 26.8 Å². The Morgan fingerprint density at radius 2 is 1.95 bits per heavy atom. The van der Waals surface area contributed by atoms with Gasteiger partial charge < -0.3 is 4.74 Å². The monoisotopic (exact) mass is 289 g/mol. The predicted molar refractivity (Wildman–Crippen MR) is 84.8 cm³/mol. The van der Waals surface area contributed by atoms with Crippen LogP contribution < -0.4 is 0 Å². The first-order valence-corrected chi connectivity index (χ1v) is 7.84. The molecule has 1 aromatic carbocycles. The van der Waals surface area contributed by atoms with Crippen molar-refractivity contribution in [3.8, 4) is 0 Å². The first-order chi connectivity index (χ1) is 9.85. The molecule has 3 heteroatoms. The number of hydrogen-bond acceptors (Lipinski definition) is 3. The summed E-state index contributed by atoms with van der Waals surface area (Å²) in [6.07, 6.45) is 0.892. The quantitative estimate of drug-likeness (QED) is 0.798. The van der Waals surface area contributed by atoms with Crippen LogP contribution in [0.5, 0.6) is 0 Å². The first-order valence-electron chi connectivity index (χ1n) is 7.84. The Morgan fingerprint density at radius 1 is 1.29 bits per heavy atom. The maximum absolute atomic E-state index is 12.2. The smallest absolute Gasteiger partial charge is 0.309 e. The van der Waals surface area contributed by atoms with Crippen LogP contribution in [-0.2, 0) is 16.1 Å². The second kappa shape index (κ2) is 6.61. The van der Waals surface area contributed by atoms with Gasteiger partial charge >= 0.3 is 5.97 Å². The summed E-state index contributed by atoms with van der Waals surface area (Å²) < 4.78 is 5.54. The molecule has 0 amide bonds. The van der Waals surface area contributed by atoms with Crippen LogP contribution in [0, 0.1) is 11.8 Å². The number of piperidine rings is 1. The number of ether oxygens (including phenoxy) is 1. The lowest BCUT2D eigenvalue weighted by Gasteiger charge is -2.36. The van der Waals surface area contributed by atoms with Gasteiger partial charge in [0, 0.05) is 13.1 Å². The predicted octanol–water partition coefficient (Wildman–Crippen LogP) is 3.49. The van der Waals surface area contributed by atoms with Gasteiger partial charge in [0.15, 0.2) is 0 Å². The van der Waals surface area contributed by atoms with E-state index in [-0.39, 0.29) is 11.9 Å². The van der Waals surface area contributed by atoms with Crippen molar-refractivity contribution >= 4 is 5.97 Å². The topological polar surface area (TPSA) is 29.5 Å². The molecule has 0 spiro atoms. The van der Waals surface area contributed by atoms with Crippen molar-refractivity contribution in [1.29, 1.82) is 0 Å².